The Balaban J connectivity index is 2.63. The Morgan fingerprint density at radius 3 is 2.88 bits per heavy atom. The number of aliphatic hydroxyl groups is 1. The molecule has 0 saturated carbocycles. The Labute approximate surface area is 102 Å². The molecular weight excluding hydrogens is 276 g/mol. The number of carbonyl (C=O) groups is 1. The lowest BCUT2D eigenvalue weighted by molar-refractivity contribution is 0.0323. The standard InChI is InChI=1S/C11H13BrO4/c1-15-6-9(14)7-16-10-4-2-3-8(5-13)11(10)12/h2-5,9,14H,6-7H2,1H3. The van der Waals surface area contributed by atoms with Crippen molar-refractivity contribution < 1.29 is 19.4 Å². The number of aldehydes is 1. The summed E-state index contributed by atoms with van der Waals surface area (Å²) in [4.78, 5) is 10.7. The van der Waals surface area contributed by atoms with Crippen molar-refractivity contribution in [3.63, 3.8) is 0 Å². The van der Waals surface area contributed by atoms with Gasteiger partial charge in [0, 0.05) is 12.7 Å². The van der Waals surface area contributed by atoms with Crippen LogP contribution in [-0.2, 0) is 4.74 Å². The predicted molar refractivity (Wildman–Crippen MR) is 62.9 cm³/mol. The summed E-state index contributed by atoms with van der Waals surface area (Å²) in [7, 11) is 1.51. The first kappa shape index (κ1) is 13.2. The summed E-state index contributed by atoms with van der Waals surface area (Å²) < 4.78 is 10.7. The summed E-state index contributed by atoms with van der Waals surface area (Å²) in [6.45, 7) is 0.333. The van der Waals surface area contributed by atoms with E-state index in [0.717, 1.165) is 6.29 Å². The molecule has 1 unspecified atom stereocenters. The molecular formula is C11H13BrO4. The Morgan fingerprint density at radius 2 is 2.25 bits per heavy atom. The third-order valence-electron chi connectivity index (χ3n) is 1.91. The number of hydrogen-bond acceptors (Lipinski definition) is 4. The molecule has 1 atom stereocenters. The minimum Gasteiger partial charge on any atom is -0.490 e. The van der Waals surface area contributed by atoms with Crippen LogP contribution in [-0.4, -0.2) is 37.8 Å². The van der Waals surface area contributed by atoms with E-state index >= 15 is 0 Å². The number of carbonyl (C=O) groups excluding carboxylic acids is 1. The Morgan fingerprint density at radius 1 is 1.50 bits per heavy atom. The van der Waals surface area contributed by atoms with Crippen molar-refractivity contribution in [2.75, 3.05) is 20.3 Å². The number of hydrogen-bond donors (Lipinski definition) is 1. The summed E-state index contributed by atoms with van der Waals surface area (Å²) >= 11 is 3.26. The van der Waals surface area contributed by atoms with Crippen LogP contribution < -0.4 is 4.74 Å². The lowest BCUT2D eigenvalue weighted by atomic mass is 10.2. The molecule has 0 bridgehead atoms. The molecule has 0 radical (unpaired) electrons. The zero-order valence-electron chi connectivity index (χ0n) is 8.85. The van der Waals surface area contributed by atoms with E-state index in [1.54, 1.807) is 18.2 Å². The normalized spacial score (nSPS) is 12.2. The van der Waals surface area contributed by atoms with Crippen molar-refractivity contribution in [2.45, 2.75) is 6.10 Å². The molecule has 0 saturated heterocycles. The number of aliphatic hydroxyl groups excluding tert-OH is 1. The second-order valence-corrected chi connectivity index (χ2v) is 3.99. The van der Waals surface area contributed by atoms with Crippen molar-refractivity contribution in [2.24, 2.45) is 0 Å². The topological polar surface area (TPSA) is 55.8 Å². The van der Waals surface area contributed by atoms with Crippen molar-refractivity contribution in [3.8, 4) is 5.75 Å². The molecule has 0 amide bonds. The minimum atomic E-state index is -0.684. The highest BCUT2D eigenvalue weighted by molar-refractivity contribution is 9.10. The first-order valence-corrected chi connectivity index (χ1v) is 5.51. The fraction of sp³-hybridized carbons (Fsp3) is 0.364. The van der Waals surface area contributed by atoms with Crippen LogP contribution >= 0.6 is 15.9 Å². The molecule has 5 heteroatoms. The quantitative estimate of drug-likeness (QED) is 0.809. The molecule has 1 aromatic rings. The van der Waals surface area contributed by atoms with Gasteiger partial charge in [-0.15, -0.1) is 0 Å². The summed E-state index contributed by atoms with van der Waals surface area (Å²) in [5.74, 6) is 0.528. The largest absolute Gasteiger partial charge is 0.490 e. The summed E-state index contributed by atoms with van der Waals surface area (Å²) in [5, 5.41) is 9.39. The van der Waals surface area contributed by atoms with Crippen molar-refractivity contribution >= 4 is 22.2 Å². The van der Waals surface area contributed by atoms with E-state index in [1.807, 2.05) is 0 Å². The molecule has 1 N–H and O–H groups in total. The Kier molecular flexibility index (Phi) is 5.45. The fourth-order valence-electron chi connectivity index (χ4n) is 1.16. The van der Waals surface area contributed by atoms with Crippen LogP contribution in [0.15, 0.2) is 22.7 Å². The second-order valence-electron chi connectivity index (χ2n) is 3.20. The SMILES string of the molecule is COCC(O)COc1cccc(C=O)c1Br. The van der Waals surface area contributed by atoms with Gasteiger partial charge in [-0.05, 0) is 22.0 Å². The van der Waals surface area contributed by atoms with Crippen LogP contribution in [0.5, 0.6) is 5.75 Å². The molecule has 0 aliphatic carbocycles. The fourth-order valence-corrected chi connectivity index (χ4v) is 1.63. The predicted octanol–water partition coefficient (Wildman–Crippen LogP) is 1.65. The highest BCUT2D eigenvalue weighted by Crippen LogP contribution is 2.27. The van der Waals surface area contributed by atoms with Gasteiger partial charge in [0.2, 0.25) is 0 Å². The monoisotopic (exact) mass is 288 g/mol. The number of halogens is 1. The maximum atomic E-state index is 10.7. The van der Waals surface area contributed by atoms with Crippen LogP contribution in [0.3, 0.4) is 0 Å². The van der Waals surface area contributed by atoms with Gasteiger partial charge in [-0.25, -0.2) is 0 Å². The smallest absolute Gasteiger partial charge is 0.151 e. The molecule has 16 heavy (non-hydrogen) atoms. The molecule has 0 aliphatic rings. The molecule has 0 heterocycles. The highest BCUT2D eigenvalue weighted by Gasteiger charge is 2.09. The third kappa shape index (κ3) is 3.59. The molecule has 1 aromatic carbocycles. The molecule has 0 aliphatic heterocycles. The highest BCUT2D eigenvalue weighted by atomic mass is 79.9. The number of methoxy groups -OCH3 is 1. The van der Waals surface area contributed by atoms with Crippen LogP contribution in [0.4, 0.5) is 0 Å². The summed E-state index contributed by atoms with van der Waals surface area (Å²) in [5.41, 5.74) is 0.513. The van der Waals surface area contributed by atoms with Crippen LogP contribution in [0.25, 0.3) is 0 Å². The van der Waals surface area contributed by atoms with Gasteiger partial charge in [-0.3, -0.25) is 4.79 Å². The van der Waals surface area contributed by atoms with Crippen molar-refractivity contribution in [1.29, 1.82) is 0 Å². The molecule has 1 rings (SSSR count). The van der Waals surface area contributed by atoms with Gasteiger partial charge in [0.15, 0.2) is 6.29 Å². The maximum Gasteiger partial charge on any atom is 0.151 e. The van der Waals surface area contributed by atoms with E-state index in [2.05, 4.69) is 15.9 Å². The van der Waals surface area contributed by atoms with Crippen LogP contribution in [0, 0.1) is 0 Å². The van der Waals surface area contributed by atoms with E-state index in [9.17, 15) is 9.90 Å². The van der Waals surface area contributed by atoms with E-state index in [0.29, 0.717) is 15.8 Å². The van der Waals surface area contributed by atoms with E-state index < -0.39 is 6.10 Å². The molecule has 4 nitrogen and oxygen atoms in total. The van der Waals surface area contributed by atoms with Crippen molar-refractivity contribution in [3.05, 3.63) is 28.2 Å². The van der Waals surface area contributed by atoms with E-state index in [1.165, 1.54) is 7.11 Å². The van der Waals surface area contributed by atoms with Gasteiger partial charge in [-0.2, -0.15) is 0 Å². The summed E-state index contributed by atoms with van der Waals surface area (Å²) in [6.07, 6.45) is 0.0551. The average molecular weight is 289 g/mol. The average Bonchev–Trinajstić information content (AvgIpc) is 2.28. The maximum absolute atomic E-state index is 10.7. The number of benzene rings is 1. The second kappa shape index (κ2) is 6.62. The molecule has 88 valence electrons. The number of ether oxygens (including phenoxy) is 2. The Bertz CT molecular complexity index is 354. The van der Waals surface area contributed by atoms with Crippen molar-refractivity contribution in [1.82, 2.24) is 0 Å². The lowest BCUT2D eigenvalue weighted by Gasteiger charge is -2.13. The van der Waals surface area contributed by atoms with Gasteiger partial charge < -0.3 is 14.6 Å². The van der Waals surface area contributed by atoms with Crippen LogP contribution in [0.1, 0.15) is 10.4 Å². The third-order valence-corrected chi connectivity index (χ3v) is 2.76. The molecule has 0 fully saturated rings. The van der Waals surface area contributed by atoms with E-state index in [4.69, 9.17) is 9.47 Å². The van der Waals surface area contributed by atoms with Crippen LogP contribution in [0.2, 0.25) is 0 Å². The lowest BCUT2D eigenvalue weighted by Crippen LogP contribution is -2.22. The van der Waals surface area contributed by atoms with Gasteiger partial charge in [0.1, 0.15) is 18.5 Å². The zero-order valence-corrected chi connectivity index (χ0v) is 10.4. The van der Waals surface area contributed by atoms with Gasteiger partial charge in [0.05, 0.1) is 11.1 Å². The Hall–Kier alpha value is -0.910. The first-order chi connectivity index (χ1) is 7.69. The summed E-state index contributed by atoms with van der Waals surface area (Å²) in [6, 6.07) is 5.11. The van der Waals surface area contributed by atoms with Gasteiger partial charge in [-0.1, -0.05) is 12.1 Å². The minimum absolute atomic E-state index is 0.120. The first-order valence-electron chi connectivity index (χ1n) is 4.72. The van der Waals surface area contributed by atoms with Gasteiger partial charge >= 0.3 is 0 Å². The molecule has 0 aromatic heterocycles. The zero-order chi connectivity index (χ0) is 12.0. The van der Waals surface area contributed by atoms with E-state index in [-0.39, 0.29) is 13.2 Å². The number of rotatable bonds is 6. The van der Waals surface area contributed by atoms with Gasteiger partial charge in [0.25, 0.3) is 0 Å². The molecule has 0 spiro atoms.